The third-order valence-corrected chi connectivity index (χ3v) is 5.23. The summed E-state index contributed by atoms with van der Waals surface area (Å²) in [7, 11) is 8.16. The summed E-state index contributed by atoms with van der Waals surface area (Å²) < 4.78 is 2.05. The number of rotatable bonds is 7. The number of fused-ring (bicyclic) bond motifs is 3. The van der Waals surface area contributed by atoms with Crippen molar-refractivity contribution in [3.8, 4) is 11.3 Å². The van der Waals surface area contributed by atoms with E-state index in [-0.39, 0.29) is 0 Å². The first-order valence-electron chi connectivity index (χ1n) is 9.82. The van der Waals surface area contributed by atoms with Crippen molar-refractivity contribution in [2.75, 3.05) is 33.0 Å². The molecule has 6 nitrogen and oxygen atoms in total. The van der Waals surface area contributed by atoms with Gasteiger partial charge in [0.25, 0.3) is 0 Å². The molecule has 0 unspecified atom stereocenters. The van der Waals surface area contributed by atoms with E-state index >= 15 is 0 Å². The van der Waals surface area contributed by atoms with Gasteiger partial charge in [-0.25, -0.2) is 9.97 Å². The fourth-order valence-electron chi connectivity index (χ4n) is 3.78. The van der Waals surface area contributed by atoms with Crippen LogP contribution in [0.1, 0.15) is 18.4 Å². The van der Waals surface area contributed by atoms with Crippen LogP contribution in [0, 0.1) is 0 Å². The van der Waals surface area contributed by atoms with E-state index in [1.807, 2.05) is 20.4 Å². The lowest BCUT2D eigenvalue weighted by molar-refractivity contribution is 0.394. The van der Waals surface area contributed by atoms with Crippen LogP contribution in [-0.4, -0.2) is 52.1 Å². The molecule has 3 aromatic heterocycles. The minimum Gasteiger partial charge on any atom is -0.371 e. The summed E-state index contributed by atoms with van der Waals surface area (Å²) in [5, 5.41) is 4.26. The number of anilines is 1. The molecule has 0 aliphatic carbocycles. The van der Waals surface area contributed by atoms with E-state index in [2.05, 4.69) is 69.2 Å². The number of imidazole rings is 1. The molecule has 0 aliphatic rings. The lowest BCUT2D eigenvalue weighted by Gasteiger charge is -2.09. The van der Waals surface area contributed by atoms with E-state index in [1.165, 1.54) is 24.0 Å². The molecule has 6 heteroatoms. The number of benzene rings is 1. The maximum atomic E-state index is 4.73. The lowest BCUT2D eigenvalue weighted by atomic mass is 10.0. The number of unbranched alkanes of at least 4 members (excludes halogenated alkanes) is 1. The zero-order chi connectivity index (χ0) is 19.7. The van der Waals surface area contributed by atoms with E-state index in [1.54, 1.807) is 0 Å². The van der Waals surface area contributed by atoms with Crippen molar-refractivity contribution in [3.05, 3.63) is 42.2 Å². The highest BCUT2D eigenvalue weighted by Gasteiger charge is 2.15. The van der Waals surface area contributed by atoms with E-state index < -0.39 is 0 Å². The first kappa shape index (κ1) is 18.5. The van der Waals surface area contributed by atoms with Crippen LogP contribution in [0.4, 0.5) is 5.82 Å². The number of aromatic amines is 1. The number of aryl methyl sites for hydroxylation is 2. The Bertz CT molecular complexity index is 1110. The molecular weight excluding hydrogens is 348 g/mol. The number of nitrogens with one attached hydrogen (secondary N) is 2. The number of nitrogens with zero attached hydrogens (tertiary/aromatic N) is 4. The second-order valence-electron chi connectivity index (χ2n) is 7.67. The molecule has 0 bridgehead atoms. The zero-order valence-corrected chi connectivity index (χ0v) is 17.1. The fourth-order valence-corrected chi connectivity index (χ4v) is 3.78. The first-order valence-corrected chi connectivity index (χ1v) is 9.82. The Balaban J connectivity index is 1.67. The molecule has 0 spiro atoms. The predicted molar refractivity (Wildman–Crippen MR) is 117 cm³/mol. The standard InChI is InChI=1S/C22H28N6/c1-23-22-19-20(28(4)14-24-19)17-13-18(25-21(17)26-22)16-10-7-9-15(12-16)8-5-6-11-27(2)3/h7,9-10,12-14H,5-6,8,11H2,1-4H3,(H2,23,25,26). The van der Waals surface area contributed by atoms with E-state index in [4.69, 9.17) is 4.98 Å². The van der Waals surface area contributed by atoms with Gasteiger partial charge in [0.2, 0.25) is 0 Å². The van der Waals surface area contributed by atoms with Crippen molar-refractivity contribution in [3.63, 3.8) is 0 Å². The topological polar surface area (TPSA) is 61.8 Å². The van der Waals surface area contributed by atoms with Gasteiger partial charge in [-0.3, -0.25) is 0 Å². The van der Waals surface area contributed by atoms with E-state index in [9.17, 15) is 0 Å². The maximum absolute atomic E-state index is 4.73. The first-order chi connectivity index (χ1) is 13.6. The summed E-state index contributed by atoms with van der Waals surface area (Å²) in [5.74, 6) is 0.797. The molecule has 1 aromatic carbocycles. The quantitative estimate of drug-likeness (QED) is 0.478. The highest BCUT2D eigenvalue weighted by atomic mass is 15.1. The Morgan fingerprint density at radius 2 is 2.04 bits per heavy atom. The summed E-state index contributed by atoms with van der Waals surface area (Å²) in [5.41, 5.74) is 6.54. The van der Waals surface area contributed by atoms with Crippen molar-refractivity contribution in [2.24, 2.45) is 7.05 Å². The van der Waals surface area contributed by atoms with Crippen LogP contribution >= 0.6 is 0 Å². The summed E-state index contributed by atoms with van der Waals surface area (Å²) in [6.45, 7) is 1.14. The van der Waals surface area contributed by atoms with Gasteiger partial charge in [0, 0.05) is 25.2 Å². The molecule has 0 saturated heterocycles. The van der Waals surface area contributed by atoms with E-state index in [0.717, 1.165) is 46.5 Å². The average molecular weight is 377 g/mol. The molecule has 0 saturated carbocycles. The van der Waals surface area contributed by atoms with Gasteiger partial charge in [-0.1, -0.05) is 18.2 Å². The van der Waals surface area contributed by atoms with E-state index in [0.29, 0.717) is 0 Å². The third kappa shape index (κ3) is 3.47. The molecule has 0 radical (unpaired) electrons. The van der Waals surface area contributed by atoms with Crippen molar-refractivity contribution < 1.29 is 0 Å². The van der Waals surface area contributed by atoms with Crippen LogP contribution in [-0.2, 0) is 13.5 Å². The van der Waals surface area contributed by atoms with Crippen molar-refractivity contribution >= 4 is 27.9 Å². The molecule has 2 N–H and O–H groups in total. The van der Waals surface area contributed by atoms with Crippen LogP contribution in [0.15, 0.2) is 36.7 Å². The Kier molecular flexibility index (Phi) is 5.05. The summed E-state index contributed by atoms with van der Waals surface area (Å²) in [6, 6.07) is 11.0. The Labute approximate surface area is 165 Å². The summed E-state index contributed by atoms with van der Waals surface area (Å²) >= 11 is 0. The van der Waals surface area contributed by atoms with Gasteiger partial charge in [-0.05, 0) is 63.2 Å². The van der Waals surface area contributed by atoms with Crippen LogP contribution in [0.25, 0.3) is 33.3 Å². The normalized spacial score (nSPS) is 11.8. The fraction of sp³-hybridized carbons (Fsp3) is 0.364. The average Bonchev–Trinajstić information content (AvgIpc) is 3.28. The predicted octanol–water partition coefficient (Wildman–Crippen LogP) is 4.04. The Hall–Kier alpha value is -2.86. The van der Waals surface area contributed by atoms with Crippen LogP contribution in [0.5, 0.6) is 0 Å². The minimum absolute atomic E-state index is 0.797. The van der Waals surface area contributed by atoms with Crippen molar-refractivity contribution in [1.82, 2.24) is 24.4 Å². The molecule has 4 rings (SSSR count). The van der Waals surface area contributed by atoms with Crippen LogP contribution in [0.2, 0.25) is 0 Å². The van der Waals surface area contributed by atoms with Gasteiger partial charge < -0.3 is 19.8 Å². The molecule has 0 amide bonds. The smallest absolute Gasteiger partial charge is 0.156 e. The van der Waals surface area contributed by atoms with Crippen LogP contribution in [0.3, 0.4) is 0 Å². The second-order valence-corrected chi connectivity index (χ2v) is 7.67. The molecule has 0 atom stereocenters. The third-order valence-electron chi connectivity index (χ3n) is 5.23. The number of pyridine rings is 1. The molecule has 4 aromatic rings. The minimum atomic E-state index is 0.797. The van der Waals surface area contributed by atoms with Gasteiger partial charge in [0.05, 0.1) is 11.8 Å². The largest absolute Gasteiger partial charge is 0.371 e. The molecular formula is C22H28N6. The maximum Gasteiger partial charge on any atom is 0.156 e. The molecule has 0 aliphatic heterocycles. The monoisotopic (exact) mass is 376 g/mol. The number of aromatic nitrogens is 4. The molecule has 146 valence electrons. The summed E-state index contributed by atoms with van der Waals surface area (Å²) in [6.07, 6.45) is 5.37. The molecule has 3 heterocycles. The van der Waals surface area contributed by atoms with Gasteiger partial charge in [0.15, 0.2) is 5.82 Å². The zero-order valence-electron chi connectivity index (χ0n) is 17.1. The highest BCUT2D eigenvalue weighted by molar-refractivity contribution is 6.07. The van der Waals surface area contributed by atoms with Crippen molar-refractivity contribution in [2.45, 2.75) is 19.3 Å². The Morgan fingerprint density at radius 3 is 2.82 bits per heavy atom. The number of H-pyrrole nitrogens is 1. The summed E-state index contributed by atoms with van der Waals surface area (Å²) in [4.78, 5) is 15.0. The second kappa shape index (κ2) is 7.64. The van der Waals surface area contributed by atoms with Gasteiger partial charge >= 0.3 is 0 Å². The number of hydrogen-bond acceptors (Lipinski definition) is 4. The SMILES string of the molecule is CNc1nc2[nH]c(-c3cccc(CCCCN(C)C)c3)cc2c2c1ncn2C. The Morgan fingerprint density at radius 1 is 1.18 bits per heavy atom. The van der Waals surface area contributed by atoms with Crippen molar-refractivity contribution in [1.29, 1.82) is 0 Å². The lowest BCUT2D eigenvalue weighted by Crippen LogP contribution is -2.12. The van der Waals surface area contributed by atoms with Crippen LogP contribution < -0.4 is 5.32 Å². The van der Waals surface area contributed by atoms with Gasteiger partial charge in [-0.2, -0.15) is 0 Å². The molecule has 28 heavy (non-hydrogen) atoms. The van der Waals surface area contributed by atoms with Gasteiger partial charge in [0.1, 0.15) is 11.2 Å². The molecule has 0 fully saturated rings. The highest BCUT2D eigenvalue weighted by Crippen LogP contribution is 2.31. The number of hydrogen-bond donors (Lipinski definition) is 2. The van der Waals surface area contributed by atoms with Gasteiger partial charge in [-0.15, -0.1) is 0 Å².